The predicted molar refractivity (Wildman–Crippen MR) is 105 cm³/mol. The number of benzene rings is 1. The smallest absolute Gasteiger partial charge is 0.303 e. The van der Waals surface area contributed by atoms with E-state index in [1.54, 1.807) is 30.3 Å². The summed E-state index contributed by atoms with van der Waals surface area (Å²) < 4.78 is 46.4. The maximum Gasteiger partial charge on any atom is 0.303 e. The quantitative estimate of drug-likeness (QED) is 0.410. The Labute approximate surface area is 175 Å². The Morgan fingerprint density at radius 2 is 1.73 bits per heavy atom. The minimum absolute atomic E-state index is 0.107. The van der Waals surface area contributed by atoms with Gasteiger partial charge in [0.2, 0.25) is 0 Å². The van der Waals surface area contributed by atoms with E-state index in [1.807, 2.05) is 0 Å². The Hall–Kier alpha value is -2.46. The molecule has 0 radical (unpaired) electrons. The number of ether oxygens (including phenoxy) is 4. The second-order valence-electron chi connectivity index (χ2n) is 7.10. The van der Waals surface area contributed by atoms with Gasteiger partial charge in [-0.3, -0.25) is 14.4 Å². The fraction of sp³-hybridized carbons (Fsp3) is 0.550. The lowest BCUT2D eigenvalue weighted by Gasteiger charge is -2.26. The summed E-state index contributed by atoms with van der Waals surface area (Å²) in [6.45, 7) is 3.28. The summed E-state index contributed by atoms with van der Waals surface area (Å²) >= 11 is 0. The molecule has 4 atom stereocenters. The molecule has 9 nitrogen and oxygen atoms in total. The van der Waals surface area contributed by atoms with Crippen molar-refractivity contribution in [3.63, 3.8) is 0 Å². The zero-order chi connectivity index (χ0) is 22.3. The van der Waals surface area contributed by atoms with Gasteiger partial charge in [0.05, 0.1) is 17.6 Å². The van der Waals surface area contributed by atoms with E-state index in [0.29, 0.717) is 5.56 Å². The minimum atomic E-state index is -3.53. The van der Waals surface area contributed by atoms with Crippen molar-refractivity contribution in [1.29, 1.82) is 0 Å². The molecule has 30 heavy (non-hydrogen) atoms. The molecule has 0 saturated carbocycles. The average Bonchev–Trinajstić information content (AvgIpc) is 2.99. The van der Waals surface area contributed by atoms with Crippen LogP contribution in [0.2, 0.25) is 0 Å². The van der Waals surface area contributed by atoms with Crippen LogP contribution in [0, 0.1) is 0 Å². The Morgan fingerprint density at radius 3 is 2.30 bits per heavy atom. The lowest BCUT2D eigenvalue weighted by atomic mass is 10.1. The third-order valence-corrected chi connectivity index (χ3v) is 5.99. The molecule has 0 N–H and O–H groups in total. The molecular weight excluding hydrogens is 416 g/mol. The summed E-state index contributed by atoms with van der Waals surface area (Å²) in [6.07, 6.45) is -3.52. The van der Waals surface area contributed by atoms with Crippen LogP contribution in [0.5, 0.6) is 0 Å². The van der Waals surface area contributed by atoms with E-state index < -0.39 is 52.2 Å². The molecule has 0 bridgehead atoms. The van der Waals surface area contributed by atoms with Crippen LogP contribution in [0.4, 0.5) is 0 Å². The van der Waals surface area contributed by atoms with Crippen LogP contribution >= 0.6 is 0 Å². The third-order valence-electron chi connectivity index (χ3n) is 4.33. The molecule has 1 aliphatic rings. The summed E-state index contributed by atoms with van der Waals surface area (Å²) in [5, 5.41) is 0. The van der Waals surface area contributed by atoms with Crippen molar-refractivity contribution in [3.05, 3.63) is 35.9 Å². The Kier molecular flexibility index (Phi) is 8.36. The number of rotatable bonds is 9. The van der Waals surface area contributed by atoms with Crippen LogP contribution in [0.3, 0.4) is 0 Å². The molecule has 1 aromatic carbocycles. The lowest BCUT2D eigenvalue weighted by Crippen LogP contribution is -2.43. The molecule has 1 saturated heterocycles. The second-order valence-corrected chi connectivity index (χ2v) is 9.21. The van der Waals surface area contributed by atoms with Gasteiger partial charge in [-0.15, -0.1) is 0 Å². The van der Waals surface area contributed by atoms with Crippen LogP contribution in [-0.2, 0) is 48.9 Å². The molecule has 0 amide bonds. The van der Waals surface area contributed by atoms with Gasteiger partial charge < -0.3 is 18.9 Å². The summed E-state index contributed by atoms with van der Waals surface area (Å²) in [4.78, 5) is 34.1. The summed E-state index contributed by atoms with van der Waals surface area (Å²) in [6, 6.07) is 8.73. The fourth-order valence-corrected chi connectivity index (χ4v) is 4.90. The van der Waals surface area contributed by atoms with E-state index in [0.717, 1.165) is 0 Å². The van der Waals surface area contributed by atoms with Crippen molar-refractivity contribution >= 4 is 27.7 Å². The van der Waals surface area contributed by atoms with E-state index in [1.165, 1.54) is 20.8 Å². The van der Waals surface area contributed by atoms with Gasteiger partial charge in [-0.05, 0) is 5.56 Å². The zero-order valence-corrected chi connectivity index (χ0v) is 17.9. The fourth-order valence-electron chi connectivity index (χ4n) is 3.30. The summed E-state index contributed by atoms with van der Waals surface area (Å²) in [5.41, 5.74) is 0.649. The first-order valence-corrected chi connectivity index (χ1v) is 11.3. The average molecular weight is 442 g/mol. The Balaban J connectivity index is 2.13. The van der Waals surface area contributed by atoms with Gasteiger partial charge in [0.15, 0.2) is 15.9 Å². The Morgan fingerprint density at radius 1 is 1.07 bits per heavy atom. The first-order valence-electron chi connectivity index (χ1n) is 9.43. The topological polar surface area (TPSA) is 122 Å². The van der Waals surface area contributed by atoms with Gasteiger partial charge >= 0.3 is 17.9 Å². The van der Waals surface area contributed by atoms with Crippen LogP contribution in [0.25, 0.3) is 0 Å². The first kappa shape index (κ1) is 23.8. The van der Waals surface area contributed by atoms with Gasteiger partial charge in [-0.2, -0.15) is 0 Å². The molecule has 0 aromatic heterocycles. The first-order chi connectivity index (χ1) is 14.1. The van der Waals surface area contributed by atoms with Crippen LogP contribution in [-0.4, -0.2) is 63.1 Å². The van der Waals surface area contributed by atoms with E-state index in [2.05, 4.69) is 0 Å². The lowest BCUT2D eigenvalue weighted by molar-refractivity contribution is -0.174. The molecule has 1 unspecified atom stereocenters. The standard InChI is InChI=1S/C20H26O9S/c1-13(21)26-10-19(28-15(3)23)20-18(27-14(2)22)9-17(29-20)12-30(24,25)11-16-7-5-4-6-8-16/h4-8,17-20H,9-12H2,1-3H3/t17-,18+,19?,20+/m0/s1. The summed E-state index contributed by atoms with van der Waals surface area (Å²) in [7, 11) is -3.53. The van der Waals surface area contributed by atoms with Crippen molar-refractivity contribution < 1.29 is 41.7 Å². The van der Waals surface area contributed by atoms with Crippen LogP contribution < -0.4 is 0 Å². The van der Waals surface area contributed by atoms with E-state index in [4.69, 9.17) is 18.9 Å². The SMILES string of the molecule is CC(=O)OCC(OC(C)=O)[C@@H]1O[C@H](CS(=O)(=O)Cc2ccccc2)C[C@H]1OC(C)=O. The van der Waals surface area contributed by atoms with Crippen molar-refractivity contribution in [2.75, 3.05) is 12.4 Å². The highest BCUT2D eigenvalue weighted by Crippen LogP contribution is 2.29. The Bertz CT molecular complexity index is 850. The van der Waals surface area contributed by atoms with Gasteiger partial charge in [-0.25, -0.2) is 8.42 Å². The number of carbonyl (C=O) groups is 3. The monoisotopic (exact) mass is 442 g/mol. The second kappa shape index (κ2) is 10.5. The van der Waals surface area contributed by atoms with E-state index in [9.17, 15) is 22.8 Å². The number of carbonyl (C=O) groups excluding carboxylic acids is 3. The maximum atomic E-state index is 12.6. The summed E-state index contributed by atoms with van der Waals surface area (Å²) in [5.74, 6) is -2.27. The van der Waals surface area contributed by atoms with Gasteiger partial charge in [0.25, 0.3) is 0 Å². The van der Waals surface area contributed by atoms with Gasteiger partial charge in [-0.1, -0.05) is 30.3 Å². The van der Waals surface area contributed by atoms with Crippen LogP contribution in [0.15, 0.2) is 30.3 Å². The molecule has 166 valence electrons. The van der Waals surface area contributed by atoms with Crippen LogP contribution in [0.1, 0.15) is 32.8 Å². The molecule has 2 rings (SSSR count). The van der Waals surface area contributed by atoms with E-state index >= 15 is 0 Å². The molecule has 1 aromatic rings. The number of sulfone groups is 1. The number of hydrogen-bond acceptors (Lipinski definition) is 9. The molecular formula is C20H26O9S. The highest BCUT2D eigenvalue weighted by molar-refractivity contribution is 7.90. The van der Waals surface area contributed by atoms with Crippen molar-refractivity contribution in [1.82, 2.24) is 0 Å². The number of esters is 3. The van der Waals surface area contributed by atoms with Crippen molar-refractivity contribution in [2.45, 2.75) is 57.4 Å². The molecule has 1 fully saturated rings. The molecule has 0 aliphatic carbocycles. The maximum absolute atomic E-state index is 12.6. The minimum Gasteiger partial charge on any atom is -0.462 e. The van der Waals surface area contributed by atoms with Gasteiger partial charge in [0, 0.05) is 27.2 Å². The molecule has 1 heterocycles. The normalized spacial score (nSPS) is 22.2. The highest BCUT2D eigenvalue weighted by Gasteiger charge is 2.45. The van der Waals surface area contributed by atoms with E-state index in [-0.39, 0.29) is 24.5 Å². The number of hydrogen-bond donors (Lipinski definition) is 0. The molecule has 0 spiro atoms. The predicted octanol–water partition coefficient (Wildman–Crippen LogP) is 1.19. The van der Waals surface area contributed by atoms with Crippen molar-refractivity contribution in [2.24, 2.45) is 0 Å². The largest absolute Gasteiger partial charge is 0.462 e. The van der Waals surface area contributed by atoms with Crippen molar-refractivity contribution in [3.8, 4) is 0 Å². The van der Waals surface area contributed by atoms with Gasteiger partial charge in [0.1, 0.15) is 18.8 Å². The third kappa shape index (κ3) is 7.75. The zero-order valence-electron chi connectivity index (χ0n) is 17.1. The highest BCUT2D eigenvalue weighted by atomic mass is 32.2. The molecule has 10 heteroatoms. The molecule has 1 aliphatic heterocycles.